The molecule has 11 heteroatoms. The van der Waals surface area contributed by atoms with Crippen molar-refractivity contribution >= 4 is 28.4 Å². The molecule has 1 unspecified atom stereocenters. The van der Waals surface area contributed by atoms with E-state index in [1.807, 2.05) is 17.7 Å². The first kappa shape index (κ1) is 25.3. The molecule has 2 N–H and O–H groups in total. The number of benzene rings is 1. The van der Waals surface area contributed by atoms with Crippen LogP contribution in [-0.2, 0) is 17.8 Å². The third kappa shape index (κ3) is 7.63. The quantitative estimate of drug-likeness (QED) is 0.378. The SMILES string of the molecule is CCC(CN(Cc1ccc(F)cc1)C(=O)Nc1ncc(C(=O)NCCCn2ccnc2)s1)OC. The zero-order valence-electron chi connectivity index (χ0n) is 19.2. The van der Waals surface area contributed by atoms with E-state index in [-0.39, 0.29) is 30.4 Å². The van der Waals surface area contributed by atoms with Gasteiger partial charge in [0, 0.05) is 45.7 Å². The lowest BCUT2D eigenvalue weighted by atomic mass is 10.2. The van der Waals surface area contributed by atoms with Crippen molar-refractivity contribution in [1.29, 1.82) is 0 Å². The number of hydrogen-bond donors (Lipinski definition) is 2. The molecule has 9 nitrogen and oxygen atoms in total. The average molecular weight is 489 g/mol. The Hall–Kier alpha value is -3.31. The number of nitrogens with one attached hydrogen (secondary N) is 2. The van der Waals surface area contributed by atoms with E-state index in [2.05, 4.69) is 20.6 Å². The fraction of sp³-hybridized carbons (Fsp3) is 0.391. The van der Waals surface area contributed by atoms with Crippen molar-refractivity contribution in [3.05, 3.63) is 65.4 Å². The lowest BCUT2D eigenvalue weighted by Gasteiger charge is -2.26. The molecular formula is C23H29FN6O3S. The summed E-state index contributed by atoms with van der Waals surface area (Å²) >= 11 is 1.10. The first-order chi connectivity index (χ1) is 16.5. The number of anilines is 1. The molecule has 1 aromatic carbocycles. The van der Waals surface area contributed by atoms with E-state index < -0.39 is 0 Å². The first-order valence-electron chi connectivity index (χ1n) is 11.0. The van der Waals surface area contributed by atoms with Crippen molar-refractivity contribution < 1.29 is 18.7 Å². The second-order valence-corrected chi connectivity index (χ2v) is 8.67. The summed E-state index contributed by atoms with van der Waals surface area (Å²) < 4.78 is 20.6. The van der Waals surface area contributed by atoms with Crippen LogP contribution in [0.3, 0.4) is 0 Å². The molecule has 2 aromatic heterocycles. The maximum Gasteiger partial charge on any atom is 0.324 e. The Morgan fingerprint density at radius 1 is 1.29 bits per heavy atom. The molecular weight excluding hydrogens is 459 g/mol. The summed E-state index contributed by atoms with van der Waals surface area (Å²) in [5.74, 6) is -0.573. The number of hydrogen-bond acceptors (Lipinski definition) is 6. The molecule has 3 aromatic rings. The molecule has 3 rings (SSSR count). The van der Waals surface area contributed by atoms with Gasteiger partial charge in [-0.15, -0.1) is 0 Å². The van der Waals surface area contributed by atoms with Crippen LogP contribution < -0.4 is 10.6 Å². The van der Waals surface area contributed by atoms with Crippen LogP contribution in [-0.4, -0.2) is 57.7 Å². The third-order valence-electron chi connectivity index (χ3n) is 5.17. The summed E-state index contributed by atoms with van der Waals surface area (Å²) in [5.41, 5.74) is 0.789. The van der Waals surface area contributed by atoms with E-state index in [9.17, 15) is 14.0 Å². The summed E-state index contributed by atoms with van der Waals surface area (Å²) in [6.45, 7) is 3.88. The molecule has 1 atom stereocenters. The van der Waals surface area contributed by atoms with Gasteiger partial charge in [0.2, 0.25) is 0 Å². The van der Waals surface area contributed by atoms with Crippen molar-refractivity contribution in [2.45, 2.75) is 39.0 Å². The van der Waals surface area contributed by atoms with Crippen molar-refractivity contribution in [2.24, 2.45) is 0 Å². The van der Waals surface area contributed by atoms with Crippen LogP contribution in [0.1, 0.15) is 35.0 Å². The Labute approximate surface area is 202 Å². The Morgan fingerprint density at radius 2 is 2.09 bits per heavy atom. The molecule has 0 saturated carbocycles. The van der Waals surface area contributed by atoms with E-state index in [1.54, 1.807) is 36.7 Å². The van der Waals surface area contributed by atoms with Gasteiger partial charge in [-0.2, -0.15) is 0 Å². The number of aromatic nitrogens is 3. The molecule has 182 valence electrons. The highest BCUT2D eigenvalue weighted by Gasteiger charge is 2.20. The summed E-state index contributed by atoms with van der Waals surface area (Å²) in [6, 6.07) is 5.63. The van der Waals surface area contributed by atoms with Gasteiger partial charge in [-0.3, -0.25) is 10.1 Å². The Bertz CT molecular complexity index is 1040. The first-order valence-corrected chi connectivity index (χ1v) is 11.8. The van der Waals surface area contributed by atoms with Crippen LogP contribution in [0.2, 0.25) is 0 Å². The Morgan fingerprint density at radius 3 is 2.76 bits per heavy atom. The lowest BCUT2D eigenvalue weighted by molar-refractivity contribution is 0.0704. The fourth-order valence-corrected chi connectivity index (χ4v) is 3.94. The smallest absolute Gasteiger partial charge is 0.324 e. The minimum atomic E-state index is -0.374. The molecule has 2 heterocycles. The number of rotatable bonds is 12. The van der Waals surface area contributed by atoms with Crippen LogP contribution in [0, 0.1) is 5.82 Å². The minimum absolute atomic E-state index is 0.147. The predicted molar refractivity (Wildman–Crippen MR) is 128 cm³/mol. The van der Waals surface area contributed by atoms with Crippen LogP contribution in [0.25, 0.3) is 0 Å². The van der Waals surface area contributed by atoms with Gasteiger partial charge in [-0.25, -0.2) is 19.2 Å². The van der Waals surface area contributed by atoms with Crippen LogP contribution in [0.5, 0.6) is 0 Å². The minimum Gasteiger partial charge on any atom is -0.380 e. The maximum atomic E-state index is 13.3. The summed E-state index contributed by atoms with van der Waals surface area (Å²) in [6.07, 6.45) is 8.10. The molecule has 0 fully saturated rings. The average Bonchev–Trinajstić information content (AvgIpc) is 3.53. The highest BCUT2D eigenvalue weighted by Crippen LogP contribution is 2.19. The lowest BCUT2D eigenvalue weighted by Crippen LogP contribution is -2.40. The van der Waals surface area contributed by atoms with Crippen molar-refractivity contribution in [1.82, 2.24) is 24.8 Å². The van der Waals surface area contributed by atoms with Gasteiger partial charge in [0.1, 0.15) is 10.7 Å². The highest BCUT2D eigenvalue weighted by molar-refractivity contribution is 7.17. The monoisotopic (exact) mass is 488 g/mol. The van der Waals surface area contributed by atoms with Crippen molar-refractivity contribution in [3.8, 4) is 0 Å². The normalized spacial score (nSPS) is 11.7. The van der Waals surface area contributed by atoms with Crippen LogP contribution in [0.15, 0.2) is 49.2 Å². The largest absolute Gasteiger partial charge is 0.380 e. The van der Waals surface area contributed by atoms with Crippen molar-refractivity contribution in [2.75, 3.05) is 25.5 Å². The number of carbonyl (C=O) groups is 2. The number of thiazole rings is 1. The zero-order chi connectivity index (χ0) is 24.3. The van der Waals surface area contributed by atoms with Gasteiger partial charge in [-0.1, -0.05) is 30.4 Å². The van der Waals surface area contributed by atoms with E-state index in [1.165, 1.54) is 18.3 Å². The molecule has 0 spiro atoms. The second kappa shape index (κ2) is 12.8. The predicted octanol–water partition coefficient (Wildman–Crippen LogP) is 3.76. The summed E-state index contributed by atoms with van der Waals surface area (Å²) in [4.78, 5) is 35.5. The standard InChI is InChI=1S/C23H29FN6O3S/c1-3-19(33-2)15-30(14-17-5-7-18(24)8-6-17)23(32)28-22-27-13-20(34-22)21(31)26-9-4-11-29-12-10-25-16-29/h5-8,10,12-13,16,19H,3-4,9,11,14-15H2,1-2H3,(H,26,31)(H,27,28,32). The number of aryl methyl sites for hydroxylation is 1. The van der Waals surface area contributed by atoms with Gasteiger partial charge in [0.25, 0.3) is 5.91 Å². The number of halogens is 1. The molecule has 0 aliphatic carbocycles. The maximum absolute atomic E-state index is 13.3. The highest BCUT2D eigenvalue weighted by atomic mass is 32.1. The number of imidazole rings is 1. The number of ether oxygens (including phenoxy) is 1. The zero-order valence-corrected chi connectivity index (χ0v) is 20.1. The summed E-state index contributed by atoms with van der Waals surface area (Å²) in [7, 11) is 1.60. The number of nitrogens with zero attached hydrogens (tertiary/aromatic N) is 4. The van der Waals surface area contributed by atoms with Gasteiger partial charge in [-0.05, 0) is 30.5 Å². The van der Waals surface area contributed by atoms with Crippen LogP contribution in [0.4, 0.5) is 14.3 Å². The molecule has 34 heavy (non-hydrogen) atoms. The van der Waals surface area contributed by atoms with Crippen LogP contribution >= 0.6 is 11.3 Å². The van der Waals surface area contributed by atoms with E-state index in [0.29, 0.717) is 23.1 Å². The van der Waals surface area contributed by atoms with Gasteiger partial charge in [0.05, 0.1) is 18.6 Å². The van der Waals surface area contributed by atoms with Gasteiger partial charge < -0.3 is 19.5 Å². The number of urea groups is 1. The topological polar surface area (TPSA) is 101 Å². The summed E-state index contributed by atoms with van der Waals surface area (Å²) in [5, 5.41) is 5.94. The third-order valence-corrected chi connectivity index (χ3v) is 6.08. The number of amides is 3. The Balaban J connectivity index is 1.56. The molecule has 3 amide bonds. The molecule has 0 bridgehead atoms. The van der Waals surface area contributed by atoms with Crippen molar-refractivity contribution in [3.63, 3.8) is 0 Å². The number of carbonyl (C=O) groups excluding carboxylic acids is 2. The molecule has 0 radical (unpaired) electrons. The van der Waals surface area contributed by atoms with E-state index in [4.69, 9.17) is 4.74 Å². The van der Waals surface area contributed by atoms with E-state index >= 15 is 0 Å². The second-order valence-electron chi connectivity index (χ2n) is 7.64. The number of methoxy groups -OCH3 is 1. The van der Waals surface area contributed by atoms with Gasteiger partial charge in [0.15, 0.2) is 5.13 Å². The molecule has 0 saturated heterocycles. The van der Waals surface area contributed by atoms with Gasteiger partial charge >= 0.3 is 6.03 Å². The van der Waals surface area contributed by atoms with E-state index in [0.717, 1.165) is 36.3 Å². The fourth-order valence-electron chi connectivity index (χ4n) is 3.22. The Kier molecular flexibility index (Phi) is 9.53. The molecule has 0 aliphatic heterocycles. The molecule has 0 aliphatic rings.